The number of terminal acetylenes is 5. The van der Waals surface area contributed by atoms with Crippen LogP contribution in [0.4, 0.5) is 0 Å². The molecule has 0 amide bonds. The largest absolute Gasteiger partial charge is 0.115 e. The van der Waals surface area contributed by atoms with E-state index in [9.17, 15) is 0 Å². The van der Waals surface area contributed by atoms with E-state index in [0.717, 1.165) is 44.5 Å². The molecule has 0 saturated heterocycles. The number of rotatable bonds is 0. The van der Waals surface area contributed by atoms with Gasteiger partial charge in [0, 0.05) is 39.7 Å². The summed E-state index contributed by atoms with van der Waals surface area (Å²) in [6.07, 6.45) is 28.9. The van der Waals surface area contributed by atoms with E-state index in [-0.39, 0.29) is 11.8 Å². The predicted molar refractivity (Wildman–Crippen MR) is 126 cm³/mol. The molecular formula is C31H16. The summed E-state index contributed by atoms with van der Waals surface area (Å²) in [7, 11) is 0. The first-order chi connectivity index (χ1) is 15.1. The Morgan fingerprint density at radius 2 is 0.710 bits per heavy atom. The van der Waals surface area contributed by atoms with E-state index in [1.54, 1.807) is 0 Å². The zero-order valence-corrected chi connectivity index (χ0v) is 17.0. The molecule has 0 nitrogen and oxygen atoms in total. The third-order valence-corrected chi connectivity index (χ3v) is 6.52. The number of hydrogen-bond donors (Lipinski definition) is 0. The van der Waals surface area contributed by atoms with Crippen molar-refractivity contribution in [1.29, 1.82) is 0 Å². The topological polar surface area (TPSA) is 0 Å². The summed E-state index contributed by atoms with van der Waals surface area (Å²) >= 11 is 0. The van der Waals surface area contributed by atoms with Gasteiger partial charge in [-0.15, -0.1) is 32.1 Å². The lowest BCUT2D eigenvalue weighted by atomic mass is 9.59. The zero-order chi connectivity index (χ0) is 21.9. The van der Waals surface area contributed by atoms with Gasteiger partial charge in [0.15, 0.2) is 0 Å². The van der Waals surface area contributed by atoms with Gasteiger partial charge in [-0.3, -0.25) is 0 Å². The van der Waals surface area contributed by atoms with Crippen molar-refractivity contribution in [1.82, 2.24) is 0 Å². The first kappa shape index (κ1) is 18.5. The first-order valence-electron chi connectivity index (χ1n) is 9.89. The third-order valence-electron chi connectivity index (χ3n) is 6.52. The van der Waals surface area contributed by atoms with E-state index < -0.39 is 0 Å². The van der Waals surface area contributed by atoms with E-state index in [1.165, 1.54) is 22.3 Å². The fraction of sp³-hybridized carbons (Fsp3) is 0.0968. The van der Waals surface area contributed by atoms with Crippen LogP contribution in [-0.4, -0.2) is 0 Å². The van der Waals surface area contributed by atoms with E-state index in [2.05, 4.69) is 53.9 Å². The van der Waals surface area contributed by atoms with Crippen LogP contribution >= 0.6 is 0 Å². The van der Waals surface area contributed by atoms with Crippen molar-refractivity contribution in [2.45, 2.75) is 18.8 Å². The molecule has 0 aromatic heterocycles. The molecular weight excluding hydrogens is 372 g/mol. The molecule has 0 radical (unpaired) electrons. The van der Waals surface area contributed by atoms with Gasteiger partial charge in [-0.1, -0.05) is 35.7 Å². The highest BCUT2D eigenvalue weighted by molar-refractivity contribution is 5.73. The summed E-state index contributed by atoms with van der Waals surface area (Å²) in [5.41, 5.74) is 11.9. The molecule has 140 valence electrons. The quantitative estimate of drug-likeness (QED) is 0.332. The van der Waals surface area contributed by atoms with E-state index in [0.29, 0.717) is 0 Å². The second-order valence-electron chi connectivity index (χ2n) is 7.94. The molecule has 0 aliphatic heterocycles. The van der Waals surface area contributed by atoms with Crippen LogP contribution in [0, 0.1) is 68.6 Å². The Morgan fingerprint density at radius 1 is 0.452 bits per heavy atom. The molecule has 3 aromatic carbocycles. The standard InChI is InChI=1S/C31H16/c1-7-19-13-25-24(12-18(19)6)30-26-14-20(8-2)22(10-4)16-28(26)31(25)29-17-23(11-5)21(9-3)15-27(29)30/h1-5,12-17,30-31H,6H3. The molecule has 6 rings (SSSR count). The van der Waals surface area contributed by atoms with Crippen LogP contribution in [0.15, 0.2) is 36.4 Å². The lowest BCUT2D eigenvalue weighted by Crippen LogP contribution is -2.28. The Hall–Kier alpha value is -4.54. The third kappa shape index (κ3) is 2.34. The molecule has 0 N–H and O–H groups in total. The van der Waals surface area contributed by atoms with Crippen LogP contribution in [0.25, 0.3) is 0 Å². The van der Waals surface area contributed by atoms with Crippen molar-refractivity contribution in [2.24, 2.45) is 0 Å². The van der Waals surface area contributed by atoms with Crippen LogP contribution in [0.3, 0.4) is 0 Å². The SMILES string of the molecule is C#Cc1cc2c(cc1C)C1c3cc(C#C)c(C#C)cc3C2c2cc(C#C)c(C#C)cc21. The van der Waals surface area contributed by atoms with Gasteiger partial charge in [0.05, 0.1) is 0 Å². The maximum atomic E-state index is 5.79. The number of aryl methyl sites for hydroxylation is 1. The lowest BCUT2D eigenvalue weighted by Gasteiger charge is -2.43. The predicted octanol–water partition coefficient (Wildman–Crippen LogP) is 4.89. The summed E-state index contributed by atoms with van der Waals surface area (Å²) in [6.45, 7) is 2.04. The Morgan fingerprint density at radius 3 is 1.00 bits per heavy atom. The van der Waals surface area contributed by atoms with E-state index in [1.807, 2.05) is 19.1 Å². The molecule has 0 heterocycles. The molecule has 0 saturated carbocycles. The molecule has 0 fully saturated rings. The van der Waals surface area contributed by atoms with E-state index in [4.69, 9.17) is 32.1 Å². The average Bonchev–Trinajstić information content (AvgIpc) is 2.81. The summed E-state index contributed by atoms with van der Waals surface area (Å²) < 4.78 is 0. The second-order valence-corrected chi connectivity index (χ2v) is 7.94. The molecule has 0 unspecified atom stereocenters. The van der Waals surface area contributed by atoms with Gasteiger partial charge in [0.25, 0.3) is 0 Å². The summed E-state index contributed by atoms with van der Waals surface area (Å²) in [5, 5.41) is 0. The summed E-state index contributed by atoms with van der Waals surface area (Å²) in [5.74, 6) is 13.8. The second kappa shape index (κ2) is 6.49. The Bertz CT molecular complexity index is 1460. The van der Waals surface area contributed by atoms with Crippen LogP contribution < -0.4 is 0 Å². The highest BCUT2D eigenvalue weighted by atomic mass is 14.4. The minimum absolute atomic E-state index is 0.00614. The molecule has 2 bridgehead atoms. The van der Waals surface area contributed by atoms with E-state index >= 15 is 0 Å². The molecule has 0 atom stereocenters. The molecule has 3 aliphatic rings. The Balaban J connectivity index is 1.92. The van der Waals surface area contributed by atoms with Crippen molar-refractivity contribution in [3.8, 4) is 61.7 Å². The van der Waals surface area contributed by atoms with Gasteiger partial charge < -0.3 is 0 Å². The van der Waals surface area contributed by atoms with Gasteiger partial charge in [0.1, 0.15) is 0 Å². The summed E-state index contributed by atoms with van der Waals surface area (Å²) in [6, 6.07) is 12.5. The molecule has 3 aliphatic carbocycles. The van der Waals surface area contributed by atoms with Crippen molar-refractivity contribution in [2.75, 3.05) is 0 Å². The van der Waals surface area contributed by atoms with Crippen LogP contribution in [0.2, 0.25) is 0 Å². The normalized spacial score (nSPS) is 16.4. The fourth-order valence-electron chi connectivity index (χ4n) is 5.15. The van der Waals surface area contributed by atoms with Gasteiger partial charge in [-0.25, -0.2) is 0 Å². The van der Waals surface area contributed by atoms with Crippen LogP contribution in [0.1, 0.15) is 78.6 Å². The molecule has 0 spiro atoms. The van der Waals surface area contributed by atoms with Crippen molar-refractivity contribution in [3.63, 3.8) is 0 Å². The molecule has 31 heavy (non-hydrogen) atoms. The van der Waals surface area contributed by atoms with Gasteiger partial charge in [-0.2, -0.15) is 0 Å². The van der Waals surface area contributed by atoms with Gasteiger partial charge >= 0.3 is 0 Å². The minimum atomic E-state index is -0.0319. The Labute approximate surface area is 183 Å². The minimum Gasteiger partial charge on any atom is -0.115 e. The van der Waals surface area contributed by atoms with Crippen LogP contribution in [-0.2, 0) is 0 Å². The van der Waals surface area contributed by atoms with Crippen LogP contribution in [0.5, 0.6) is 0 Å². The number of hydrogen-bond acceptors (Lipinski definition) is 0. The van der Waals surface area contributed by atoms with Gasteiger partial charge in [0.2, 0.25) is 0 Å². The van der Waals surface area contributed by atoms with Gasteiger partial charge in [-0.05, 0) is 76.2 Å². The first-order valence-corrected chi connectivity index (χ1v) is 9.89. The van der Waals surface area contributed by atoms with Crippen molar-refractivity contribution in [3.05, 3.63) is 103 Å². The zero-order valence-electron chi connectivity index (χ0n) is 17.0. The summed E-state index contributed by atoms with van der Waals surface area (Å²) in [4.78, 5) is 0. The monoisotopic (exact) mass is 388 g/mol. The van der Waals surface area contributed by atoms with Crippen molar-refractivity contribution >= 4 is 0 Å². The fourth-order valence-corrected chi connectivity index (χ4v) is 5.15. The highest BCUT2D eigenvalue weighted by Gasteiger charge is 2.42. The average molecular weight is 388 g/mol. The molecule has 0 heteroatoms. The highest BCUT2D eigenvalue weighted by Crippen LogP contribution is 2.56. The van der Waals surface area contributed by atoms with Crippen molar-refractivity contribution < 1.29 is 0 Å². The molecule has 3 aromatic rings. The smallest absolute Gasteiger partial charge is 0.0402 e. The maximum Gasteiger partial charge on any atom is 0.0402 e. The maximum absolute atomic E-state index is 5.79. The lowest BCUT2D eigenvalue weighted by molar-refractivity contribution is 0.751. The number of benzene rings is 3. The Kier molecular flexibility index (Phi) is 3.87.